The fourth-order valence-corrected chi connectivity index (χ4v) is 2.07. The Bertz CT molecular complexity index is 528. The molecule has 1 aromatic carbocycles. The minimum absolute atomic E-state index is 0.0296. The maximum Gasteiger partial charge on any atom is 0.419 e. The van der Waals surface area contributed by atoms with Crippen molar-refractivity contribution < 1.29 is 23.1 Å². The molecule has 1 atom stereocenters. The first-order valence-corrected chi connectivity index (χ1v) is 6.88. The molecule has 2 N–H and O–H groups in total. The third-order valence-electron chi connectivity index (χ3n) is 3.31. The molecule has 124 valence electrons. The Morgan fingerprint density at radius 2 is 1.91 bits per heavy atom. The molecule has 0 aliphatic carbocycles. The second kappa shape index (κ2) is 7.00. The number of carbonyl (C=O) groups is 1. The molecule has 0 spiro atoms. The Labute approximate surface area is 127 Å². The third-order valence-corrected chi connectivity index (χ3v) is 3.31. The number of rotatable bonds is 5. The zero-order valence-electron chi connectivity index (χ0n) is 13.0. The summed E-state index contributed by atoms with van der Waals surface area (Å²) in [6, 6.07) is 2.92. The van der Waals surface area contributed by atoms with Crippen LogP contribution < -0.4 is 5.32 Å². The minimum Gasteiger partial charge on any atom is -0.507 e. The van der Waals surface area contributed by atoms with Gasteiger partial charge in [-0.15, -0.1) is 0 Å². The highest BCUT2D eigenvalue weighted by Crippen LogP contribution is 2.37. The first-order valence-electron chi connectivity index (χ1n) is 6.88. The van der Waals surface area contributed by atoms with Crippen LogP contribution >= 0.6 is 0 Å². The quantitative estimate of drug-likeness (QED) is 0.877. The van der Waals surface area contributed by atoms with Crippen molar-refractivity contribution in [1.29, 1.82) is 0 Å². The van der Waals surface area contributed by atoms with E-state index in [2.05, 4.69) is 5.32 Å². The summed E-state index contributed by atoms with van der Waals surface area (Å²) in [6.07, 6.45) is -4.61. The predicted molar refractivity (Wildman–Crippen MR) is 77.3 cm³/mol. The third kappa shape index (κ3) is 4.37. The van der Waals surface area contributed by atoms with Gasteiger partial charge in [0, 0.05) is 26.2 Å². The predicted octanol–water partition coefficient (Wildman–Crippen LogP) is 2.61. The first kappa shape index (κ1) is 18.3. The number of nitrogens with zero attached hydrogens (tertiary/aromatic N) is 1. The maximum absolute atomic E-state index is 12.7. The molecule has 0 unspecified atom stereocenters. The molecule has 1 amide bonds. The Hall–Kier alpha value is -1.76. The lowest BCUT2D eigenvalue weighted by Gasteiger charge is -2.25. The monoisotopic (exact) mass is 318 g/mol. The number of halogens is 3. The molecule has 0 aliphatic heterocycles. The van der Waals surface area contributed by atoms with E-state index in [9.17, 15) is 23.1 Å². The Kier molecular flexibility index (Phi) is 5.82. The summed E-state index contributed by atoms with van der Waals surface area (Å²) in [4.78, 5) is 13.5. The van der Waals surface area contributed by atoms with Crippen LogP contribution in [0.3, 0.4) is 0 Å². The number of carbonyl (C=O) groups excluding carboxylic acids is 1. The minimum atomic E-state index is -4.61. The van der Waals surface area contributed by atoms with Crippen molar-refractivity contribution in [1.82, 2.24) is 10.2 Å². The van der Waals surface area contributed by atoms with E-state index in [4.69, 9.17) is 0 Å². The SMILES string of the molecule is CC(C)[C@H](NCc1cccc(C(F)(F)F)c1O)C(=O)N(C)C. The van der Waals surface area contributed by atoms with Gasteiger partial charge in [-0.3, -0.25) is 4.79 Å². The normalized spacial score (nSPS) is 13.3. The molecule has 0 radical (unpaired) electrons. The molecule has 1 rings (SSSR count). The molecule has 22 heavy (non-hydrogen) atoms. The topological polar surface area (TPSA) is 52.6 Å². The van der Waals surface area contributed by atoms with Crippen molar-refractivity contribution in [2.75, 3.05) is 14.1 Å². The summed E-state index contributed by atoms with van der Waals surface area (Å²) in [7, 11) is 3.22. The molecule has 7 heteroatoms. The number of likely N-dealkylation sites (N-methyl/N-ethyl adjacent to an activating group) is 1. The van der Waals surface area contributed by atoms with Gasteiger partial charge in [-0.2, -0.15) is 13.2 Å². The van der Waals surface area contributed by atoms with Crippen LogP contribution in [0, 0.1) is 5.92 Å². The number of benzene rings is 1. The van der Waals surface area contributed by atoms with Crippen LogP contribution in [0.25, 0.3) is 0 Å². The summed E-state index contributed by atoms with van der Waals surface area (Å²) >= 11 is 0. The smallest absolute Gasteiger partial charge is 0.419 e. The van der Waals surface area contributed by atoms with Gasteiger partial charge in [0.05, 0.1) is 11.6 Å². The summed E-state index contributed by atoms with van der Waals surface area (Å²) in [5.41, 5.74) is -0.973. The van der Waals surface area contributed by atoms with Gasteiger partial charge in [-0.1, -0.05) is 26.0 Å². The Morgan fingerprint density at radius 3 is 2.36 bits per heavy atom. The van der Waals surface area contributed by atoms with E-state index in [1.165, 1.54) is 17.0 Å². The van der Waals surface area contributed by atoms with Crippen LogP contribution in [0.15, 0.2) is 18.2 Å². The van der Waals surface area contributed by atoms with E-state index in [1.807, 2.05) is 13.8 Å². The van der Waals surface area contributed by atoms with Gasteiger partial charge in [0.15, 0.2) is 0 Å². The average molecular weight is 318 g/mol. The first-order chi connectivity index (χ1) is 10.1. The highest BCUT2D eigenvalue weighted by Gasteiger charge is 2.34. The van der Waals surface area contributed by atoms with Crippen LogP contribution in [0.1, 0.15) is 25.0 Å². The van der Waals surface area contributed by atoms with Gasteiger partial charge in [0.25, 0.3) is 0 Å². The summed E-state index contributed by atoms with van der Waals surface area (Å²) in [5, 5.41) is 12.7. The number of para-hydroxylation sites is 1. The van der Waals surface area contributed by atoms with Gasteiger partial charge in [0.2, 0.25) is 5.91 Å². The number of nitrogens with one attached hydrogen (secondary N) is 1. The number of phenols is 1. The van der Waals surface area contributed by atoms with Gasteiger partial charge < -0.3 is 15.3 Å². The molecular formula is C15H21F3N2O2. The van der Waals surface area contributed by atoms with Crippen LogP contribution in [-0.4, -0.2) is 36.1 Å². The lowest BCUT2D eigenvalue weighted by Crippen LogP contribution is -2.46. The van der Waals surface area contributed by atoms with E-state index in [0.717, 1.165) is 6.07 Å². The summed E-state index contributed by atoms with van der Waals surface area (Å²) in [5.74, 6) is -1.01. The van der Waals surface area contributed by atoms with Crippen molar-refractivity contribution in [3.63, 3.8) is 0 Å². The van der Waals surface area contributed by atoms with Gasteiger partial charge in [-0.05, 0) is 12.0 Å². The second-order valence-corrected chi connectivity index (χ2v) is 5.65. The summed E-state index contributed by atoms with van der Waals surface area (Å²) in [6.45, 7) is 3.65. The highest BCUT2D eigenvalue weighted by molar-refractivity contribution is 5.81. The molecule has 0 aromatic heterocycles. The average Bonchev–Trinajstić information content (AvgIpc) is 2.38. The molecule has 1 aromatic rings. The van der Waals surface area contributed by atoms with Crippen LogP contribution in [0.4, 0.5) is 13.2 Å². The number of hydrogen-bond acceptors (Lipinski definition) is 3. The Balaban J connectivity index is 2.94. The lowest BCUT2D eigenvalue weighted by atomic mass is 10.0. The zero-order valence-corrected chi connectivity index (χ0v) is 13.0. The maximum atomic E-state index is 12.7. The van der Waals surface area contributed by atoms with Crippen molar-refractivity contribution in [3.05, 3.63) is 29.3 Å². The molecule has 0 fully saturated rings. The highest BCUT2D eigenvalue weighted by atomic mass is 19.4. The van der Waals surface area contributed by atoms with E-state index in [1.54, 1.807) is 14.1 Å². The van der Waals surface area contributed by atoms with E-state index in [-0.39, 0.29) is 23.9 Å². The van der Waals surface area contributed by atoms with Gasteiger partial charge in [-0.25, -0.2) is 0 Å². The van der Waals surface area contributed by atoms with Gasteiger partial charge in [0.1, 0.15) is 5.75 Å². The molecule has 0 heterocycles. The number of amides is 1. The molecule has 0 bridgehead atoms. The zero-order chi connectivity index (χ0) is 17.1. The lowest BCUT2D eigenvalue weighted by molar-refractivity contribution is -0.139. The number of hydrogen-bond donors (Lipinski definition) is 2. The largest absolute Gasteiger partial charge is 0.507 e. The summed E-state index contributed by atoms with van der Waals surface area (Å²) < 4.78 is 38.2. The van der Waals surface area contributed by atoms with Crippen molar-refractivity contribution >= 4 is 5.91 Å². The fraction of sp³-hybridized carbons (Fsp3) is 0.533. The molecule has 0 saturated carbocycles. The number of phenolic OH excluding ortho intramolecular Hbond substituents is 1. The van der Waals surface area contributed by atoms with Crippen molar-refractivity contribution in [2.24, 2.45) is 5.92 Å². The van der Waals surface area contributed by atoms with E-state index < -0.39 is 23.5 Å². The van der Waals surface area contributed by atoms with E-state index >= 15 is 0 Å². The van der Waals surface area contributed by atoms with Crippen LogP contribution in [0.2, 0.25) is 0 Å². The second-order valence-electron chi connectivity index (χ2n) is 5.65. The number of aromatic hydroxyl groups is 1. The molecule has 0 aliphatic rings. The fourth-order valence-electron chi connectivity index (χ4n) is 2.07. The van der Waals surface area contributed by atoms with E-state index in [0.29, 0.717) is 0 Å². The molecule has 0 saturated heterocycles. The standard InChI is InChI=1S/C15H21F3N2O2/c1-9(2)12(14(22)20(3)4)19-8-10-6-5-7-11(13(10)21)15(16,17)18/h5-7,9,12,19,21H,8H2,1-4H3/t12-/m0/s1. The van der Waals surface area contributed by atoms with Crippen LogP contribution in [0.5, 0.6) is 5.75 Å². The number of alkyl halides is 3. The van der Waals surface area contributed by atoms with Gasteiger partial charge >= 0.3 is 6.18 Å². The van der Waals surface area contributed by atoms with Crippen molar-refractivity contribution in [2.45, 2.75) is 32.6 Å². The molecule has 4 nitrogen and oxygen atoms in total. The van der Waals surface area contributed by atoms with Crippen molar-refractivity contribution in [3.8, 4) is 5.75 Å². The Morgan fingerprint density at radius 1 is 1.32 bits per heavy atom. The van der Waals surface area contributed by atoms with Crippen LogP contribution in [-0.2, 0) is 17.5 Å². The molecular weight excluding hydrogens is 297 g/mol.